The van der Waals surface area contributed by atoms with Gasteiger partial charge in [-0.25, -0.2) is 4.39 Å². The van der Waals surface area contributed by atoms with Crippen molar-refractivity contribution in [2.45, 2.75) is 12.6 Å². The van der Waals surface area contributed by atoms with Gasteiger partial charge in [0.2, 0.25) is 0 Å². The predicted molar refractivity (Wildman–Crippen MR) is 68.0 cm³/mol. The van der Waals surface area contributed by atoms with Gasteiger partial charge in [-0.15, -0.1) is 0 Å². The van der Waals surface area contributed by atoms with Crippen molar-refractivity contribution in [3.63, 3.8) is 0 Å². The van der Waals surface area contributed by atoms with Gasteiger partial charge >= 0.3 is 0 Å². The second kappa shape index (κ2) is 5.95. The Morgan fingerprint density at radius 2 is 1.72 bits per heavy atom. The zero-order chi connectivity index (χ0) is 12.8. The summed E-state index contributed by atoms with van der Waals surface area (Å²) in [7, 11) is 0. The topological polar surface area (TPSA) is 35.8 Å². The van der Waals surface area contributed by atoms with Gasteiger partial charge in [-0.2, -0.15) is 5.26 Å². The zero-order valence-corrected chi connectivity index (χ0v) is 9.81. The van der Waals surface area contributed by atoms with E-state index < -0.39 is 6.04 Å². The summed E-state index contributed by atoms with van der Waals surface area (Å²) >= 11 is 0. The maximum absolute atomic E-state index is 13.6. The molecular formula is C15H13FN2. The molecule has 0 fully saturated rings. The molecule has 1 unspecified atom stereocenters. The van der Waals surface area contributed by atoms with Crippen LogP contribution in [-0.2, 0) is 6.54 Å². The molecule has 1 atom stereocenters. The molecule has 2 aromatic rings. The predicted octanol–water partition coefficient (Wildman–Crippen LogP) is 3.18. The Bertz CT molecular complexity index is 546. The molecule has 0 aliphatic carbocycles. The van der Waals surface area contributed by atoms with Gasteiger partial charge in [-0.3, -0.25) is 5.32 Å². The maximum atomic E-state index is 13.6. The number of nitriles is 1. The van der Waals surface area contributed by atoms with Gasteiger partial charge in [0.15, 0.2) is 0 Å². The van der Waals surface area contributed by atoms with Gasteiger partial charge in [-0.05, 0) is 11.6 Å². The molecule has 0 aliphatic rings. The van der Waals surface area contributed by atoms with E-state index in [9.17, 15) is 4.39 Å². The van der Waals surface area contributed by atoms with Gasteiger partial charge in [0.1, 0.15) is 11.9 Å². The minimum Gasteiger partial charge on any atom is -0.294 e. The molecule has 0 aromatic heterocycles. The van der Waals surface area contributed by atoms with Crippen LogP contribution in [0.25, 0.3) is 0 Å². The summed E-state index contributed by atoms with van der Waals surface area (Å²) in [6.45, 7) is 0.535. The van der Waals surface area contributed by atoms with E-state index in [1.54, 1.807) is 18.2 Å². The van der Waals surface area contributed by atoms with Crippen LogP contribution in [0.3, 0.4) is 0 Å². The Morgan fingerprint density at radius 3 is 2.39 bits per heavy atom. The molecule has 0 spiro atoms. The van der Waals surface area contributed by atoms with Crippen LogP contribution in [0, 0.1) is 17.1 Å². The van der Waals surface area contributed by atoms with E-state index in [4.69, 9.17) is 5.26 Å². The Labute approximate surface area is 106 Å². The fourth-order valence-corrected chi connectivity index (χ4v) is 1.75. The molecule has 2 rings (SSSR count). The van der Waals surface area contributed by atoms with Crippen LogP contribution < -0.4 is 5.32 Å². The highest BCUT2D eigenvalue weighted by atomic mass is 19.1. The molecule has 0 heterocycles. The molecule has 2 aromatic carbocycles. The minimum absolute atomic E-state index is 0.357. The first-order valence-electron chi connectivity index (χ1n) is 5.72. The molecule has 1 N–H and O–H groups in total. The highest BCUT2D eigenvalue weighted by molar-refractivity contribution is 5.26. The Morgan fingerprint density at radius 1 is 1.06 bits per heavy atom. The highest BCUT2D eigenvalue weighted by Crippen LogP contribution is 2.16. The van der Waals surface area contributed by atoms with E-state index in [2.05, 4.69) is 11.4 Å². The number of nitrogens with zero attached hydrogens (tertiary/aromatic N) is 1. The Hall–Kier alpha value is -2.18. The molecule has 2 nitrogen and oxygen atoms in total. The standard InChI is InChI=1S/C15H13FN2/c16-14-9-5-4-8-13(14)15(10-17)18-11-12-6-2-1-3-7-12/h1-9,15,18H,11H2. The summed E-state index contributed by atoms with van der Waals surface area (Å²) in [6.07, 6.45) is 0. The SMILES string of the molecule is N#CC(NCc1ccccc1)c1ccccc1F. The minimum atomic E-state index is -0.633. The monoisotopic (exact) mass is 240 g/mol. The first-order valence-corrected chi connectivity index (χ1v) is 5.72. The fourth-order valence-electron chi connectivity index (χ4n) is 1.75. The molecule has 3 heteroatoms. The second-order valence-electron chi connectivity index (χ2n) is 3.95. The van der Waals surface area contributed by atoms with Crippen molar-refractivity contribution in [2.75, 3.05) is 0 Å². The molecular weight excluding hydrogens is 227 g/mol. The third-order valence-corrected chi connectivity index (χ3v) is 2.70. The van der Waals surface area contributed by atoms with E-state index in [1.165, 1.54) is 6.07 Å². The Balaban J connectivity index is 2.08. The first kappa shape index (κ1) is 12.3. The smallest absolute Gasteiger partial charge is 0.129 e. The summed E-state index contributed by atoms with van der Waals surface area (Å²) < 4.78 is 13.6. The third kappa shape index (κ3) is 2.93. The lowest BCUT2D eigenvalue weighted by atomic mass is 10.1. The molecule has 90 valence electrons. The summed E-state index contributed by atoms with van der Waals surface area (Å²) in [6, 6.07) is 17.5. The number of rotatable bonds is 4. The van der Waals surface area contributed by atoms with Crippen LogP contribution in [0.1, 0.15) is 17.2 Å². The van der Waals surface area contributed by atoms with E-state index in [0.717, 1.165) is 5.56 Å². The van der Waals surface area contributed by atoms with Crippen LogP contribution >= 0.6 is 0 Å². The molecule has 18 heavy (non-hydrogen) atoms. The van der Waals surface area contributed by atoms with Crippen molar-refractivity contribution < 1.29 is 4.39 Å². The van der Waals surface area contributed by atoms with Crippen LogP contribution in [-0.4, -0.2) is 0 Å². The lowest BCUT2D eigenvalue weighted by Gasteiger charge is -2.12. The number of benzene rings is 2. The van der Waals surface area contributed by atoms with Crippen molar-refractivity contribution >= 4 is 0 Å². The van der Waals surface area contributed by atoms with Gasteiger partial charge in [0, 0.05) is 12.1 Å². The molecule has 0 saturated heterocycles. The normalized spacial score (nSPS) is 11.8. The number of halogens is 1. The molecule has 0 radical (unpaired) electrons. The summed E-state index contributed by atoms with van der Waals surface area (Å²) in [5.41, 5.74) is 1.45. The number of hydrogen-bond acceptors (Lipinski definition) is 2. The fraction of sp³-hybridized carbons (Fsp3) is 0.133. The lowest BCUT2D eigenvalue weighted by Crippen LogP contribution is -2.20. The van der Waals surface area contributed by atoms with Gasteiger partial charge in [0.05, 0.1) is 6.07 Å². The molecule has 0 amide bonds. The summed E-state index contributed by atoms with van der Waals surface area (Å²) in [4.78, 5) is 0. The Kier molecular flexibility index (Phi) is 4.06. The van der Waals surface area contributed by atoms with Crippen molar-refractivity contribution in [2.24, 2.45) is 0 Å². The van der Waals surface area contributed by atoms with Crippen molar-refractivity contribution in [1.82, 2.24) is 5.32 Å². The van der Waals surface area contributed by atoms with Crippen molar-refractivity contribution in [3.05, 3.63) is 71.5 Å². The number of hydrogen-bond donors (Lipinski definition) is 1. The average molecular weight is 240 g/mol. The maximum Gasteiger partial charge on any atom is 0.129 e. The zero-order valence-electron chi connectivity index (χ0n) is 9.81. The van der Waals surface area contributed by atoms with E-state index in [-0.39, 0.29) is 5.82 Å². The largest absolute Gasteiger partial charge is 0.294 e. The molecule has 0 aliphatic heterocycles. The van der Waals surface area contributed by atoms with Crippen molar-refractivity contribution in [3.8, 4) is 6.07 Å². The van der Waals surface area contributed by atoms with Gasteiger partial charge in [-0.1, -0.05) is 48.5 Å². The summed E-state index contributed by atoms with van der Waals surface area (Å²) in [5.74, 6) is -0.357. The van der Waals surface area contributed by atoms with Crippen molar-refractivity contribution in [1.29, 1.82) is 5.26 Å². The van der Waals surface area contributed by atoms with E-state index in [1.807, 2.05) is 30.3 Å². The summed E-state index contributed by atoms with van der Waals surface area (Å²) in [5, 5.41) is 12.1. The molecule has 0 saturated carbocycles. The first-order chi connectivity index (χ1) is 8.81. The molecule has 0 bridgehead atoms. The quantitative estimate of drug-likeness (QED) is 0.890. The lowest BCUT2D eigenvalue weighted by molar-refractivity contribution is 0.562. The highest BCUT2D eigenvalue weighted by Gasteiger charge is 2.13. The van der Waals surface area contributed by atoms with Crippen LogP contribution in [0.15, 0.2) is 54.6 Å². The van der Waals surface area contributed by atoms with E-state index in [0.29, 0.717) is 12.1 Å². The van der Waals surface area contributed by atoms with Crippen LogP contribution in [0.2, 0.25) is 0 Å². The van der Waals surface area contributed by atoms with Crippen LogP contribution in [0.4, 0.5) is 4.39 Å². The van der Waals surface area contributed by atoms with Crippen LogP contribution in [0.5, 0.6) is 0 Å². The van der Waals surface area contributed by atoms with Gasteiger partial charge < -0.3 is 0 Å². The van der Waals surface area contributed by atoms with Gasteiger partial charge in [0.25, 0.3) is 0 Å². The third-order valence-electron chi connectivity index (χ3n) is 2.70. The number of nitrogens with one attached hydrogen (secondary N) is 1. The van der Waals surface area contributed by atoms with E-state index >= 15 is 0 Å². The average Bonchev–Trinajstić information content (AvgIpc) is 2.42. The second-order valence-corrected chi connectivity index (χ2v) is 3.95.